The molecule has 3 aromatic rings. The van der Waals surface area contributed by atoms with Crippen molar-refractivity contribution in [2.45, 2.75) is 32.9 Å². The first-order valence-corrected chi connectivity index (χ1v) is 8.75. The fourth-order valence-corrected chi connectivity index (χ4v) is 2.98. The van der Waals surface area contributed by atoms with Crippen LogP contribution in [0.3, 0.4) is 0 Å². The Hall–Kier alpha value is -2.96. The number of nitrogens with zero attached hydrogens (tertiary/aromatic N) is 2. The molecule has 3 rings (SSSR count). The van der Waals surface area contributed by atoms with Crippen LogP contribution in [0.2, 0.25) is 0 Å². The number of amides is 1. The van der Waals surface area contributed by atoms with Crippen LogP contribution in [0.15, 0.2) is 48.5 Å². The second-order valence-corrected chi connectivity index (χ2v) is 6.20. The molecule has 1 amide bonds. The predicted octanol–water partition coefficient (Wildman–Crippen LogP) is 3.70. The third-order valence-corrected chi connectivity index (χ3v) is 4.24. The van der Waals surface area contributed by atoms with E-state index in [0.29, 0.717) is 6.54 Å². The molecule has 0 bridgehead atoms. The molecule has 27 heavy (non-hydrogen) atoms. The van der Waals surface area contributed by atoms with Crippen molar-refractivity contribution >= 4 is 16.9 Å². The zero-order chi connectivity index (χ0) is 19.2. The zero-order valence-electron chi connectivity index (χ0n) is 15.0. The van der Waals surface area contributed by atoms with E-state index in [-0.39, 0.29) is 18.1 Å². The van der Waals surface area contributed by atoms with Crippen molar-refractivity contribution in [3.63, 3.8) is 0 Å². The lowest BCUT2D eigenvalue weighted by Crippen LogP contribution is -2.26. The molecule has 0 fully saturated rings. The molecule has 1 aromatic heterocycles. The first-order chi connectivity index (χ1) is 13.0. The van der Waals surface area contributed by atoms with Crippen LogP contribution in [0.1, 0.15) is 17.8 Å². The molecule has 1 heterocycles. The van der Waals surface area contributed by atoms with Gasteiger partial charge in [0, 0.05) is 13.1 Å². The van der Waals surface area contributed by atoms with Gasteiger partial charge in [-0.15, -0.1) is 0 Å². The number of halogens is 2. The van der Waals surface area contributed by atoms with E-state index in [1.807, 2.05) is 31.2 Å². The topological polar surface area (TPSA) is 56.2 Å². The number of rotatable bonds is 8. The third kappa shape index (κ3) is 5.03. The first kappa shape index (κ1) is 18.8. The van der Waals surface area contributed by atoms with Crippen molar-refractivity contribution in [2.24, 2.45) is 0 Å². The van der Waals surface area contributed by atoms with Crippen LogP contribution in [0, 0.1) is 6.92 Å². The Balaban J connectivity index is 1.45. The summed E-state index contributed by atoms with van der Waals surface area (Å²) in [5, 5.41) is 2.88. The SMILES string of the molecule is Cc1nc2ccccc2n1CCCNC(=O)Cc1ccc(OC(F)F)cc1. The number of hydrogen-bond donors (Lipinski definition) is 1. The largest absolute Gasteiger partial charge is 0.435 e. The van der Waals surface area contributed by atoms with Crippen LogP contribution in [-0.4, -0.2) is 28.6 Å². The van der Waals surface area contributed by atoms with Crippen LogP contribution in [-0.2, 0) is 17.8 Å². The Kier molecular flexibility index (Phi) is 6.01. The summed E-state index contributed by atoms with van der Waals surface area (Å²) >= 11 is 0. The molecule has 0 saturated heterocycles. The molecule has 142 valence electrons. The smallest absolute Gasteiger partial charge is 0.387 e. The van der Waals surface area contributed by atoms with Crippen molar-refractivity contribution in [2.75, 3.05) is 6.54 Å². The van der Waals surface area contributed by atoms with E-state index in [1.165, 1.54) is 12.1 Å². The van der Waals surface area contributed by atoms with Gasteiger partial charge < -0.3 is 14.6 Å². The number of alkyl halides is 2. The van der Waals surface area contributed by atoms with E-state index >= 15 is 0 Å². The number of para-hydroxylation sites is 2. The summed E-state index contributed by atoms with van der Waals surface area (Å²) in [6.45, 7) is 0.444. The summed E-state index contributed by atoms with van der Waals surface area (Å²) in [4.78, 5) is 16.6. The van der Waals surface area contributed by atoms with E-state index in [1.54, 1.807) is 12.1 Å². The zero-order valence-corrected chi connectivity index (χ0v) is 15.0. The monoisotopic (exact) mass is 373 g/mol. The number of fused-ring (bicyclic) bond motifs is 1. The molecule has 1 N–H and O–H groups in total. The number of ether oxygens (including phenoxy) is 1. The van der Waals surface area contributed by atoms with Gasteiger partial charge in [-0.05, 0) is 43.2 Å². The Morgan fingerprint density at radius 1 is 1.19 bits per heavy atom. The van der Waals surface area contributed by atoms with Gasteiger partial charge in [0.05, 0.1) is 17.5 Å². The minimum absolute atomic E-state index is 0.0806. The summed E-state index contributed by atoms with van der Waals surface area (Å²) in [6, 6.07) is 14.1. The number of hydrogen-bond acceptors (Lipinski definition) is 3. The van der Waals surface area contributed by atoms with Gasteiger partial charge in [0.15, 0.2) is 0 Å². The maximum absolute atomic E-state index is 12.1. The first-order valence-electron chi connectivity index (χ1n) is 8.75. The quantitative estimate of drug-likeness (QED) is 0.613. The van der Waals surface area contributed by atoms with E-state index < -0.39 is 6.61 Å². The Bertz CT molecular complexity index is 907. The highest BCUT2D eigenvalue weighted by Gasteiger charge is 2.08. The molecule has 2 aromatic carbocycles. The molecule has 0 aliphatic rings. The summed E-state index contributed by atoms with van der Waals surface area (Å²) in [5.41, 5.74) is 2.80. The van der Waals surface area contributed by atoms with Gasteiger partial charge in [-0.3, -0.25) is 4.79 Å². The van der Waals surface area contributed by atoms with Gasteiger partial charge in [-0.2, -0.15) is 8.78 Å². The standard InChI is InChI=1S/C20H21F2N3O2/c1-14-24-17-5-2-3-6-18(17)25(14)12-4-11-23-19(26)13-15-7-9-16(10-8-15)27-20(21)22/h2-3,5-10,20H,4,11-13H2,1H3,(H,23,26). The van der Waals surface area contributed by atoms with Gasteiger partial charge in [0.2, 0.25) is 5.91 Å². The maximum atomic E-state index is 12.1. The molecular formula is C20H21F2N3O2. The Morgan fingerprint density at radius 3 is 2.67 bits per heavy atom. The fraction of sp³-hybridized carbons (Fsp3) is 0.300. The molecule has 0 spiro atoms. The van der Waals surface area contributed by atoms with Gasteiger partial charge in [-0.1, -0.05) is 24.3 Å². The molecule has 0 atom stereocenters. The number of carbonyl (C=O) groups excluding carboxylic acids is 1. The molecule has 0 aliphatic heterocycles. The van der Waals surface area contributed by atoms with Crippen LogP contribution < -0.4 is 10.1 Å². The highest BCUT2D eigenvalue weighted by Crippen LogP contribution is 2.16. The summed E-state index contributed by atoms with van der Waals surface area (Å²) in [7, 11) is 0. The highest BCUT2D eigenvalue weighted by atomic mass is 19.3. The lowest BCUT2D eigenvalue weighted by Gasteiger charge is -2.09. The van der Waals surface area contributed by atoms with Crippen molar-refractivity contribution in [1.29, 1.82) is 0 Å². The van der Waals surface area contributed by atoms with Gasteiger partial charge in [0.1, 0.15) is 11.6 Å². The van der Waals surface area contributed by atoms with Gasteiger partial charge in [0.25, 0.3) is 0 Å². The van der Waals surface area contributed by atoms with E-state index in [9.17, 15) is 13.6 Å². The van der Waals surface area contributed by atoms with Gasteiger partial charge in [-0.25, -0.2) is 4.98 Å². The third-order valence-electron chi connectivity index (χ3n) is 4.24. The maximum Gasteiger partial charge on any atom is 0.387 e. The molecular weight excluding hydrogens is 352 g/mol. The number of nitrogens with one attached hydrogen (secondary N) is 1. The Morgan fingerprint density at radius 2 is 1.93 bits per heavy atom. The van der Waals surface area contributed by atoms with Gasteiger partial charge >= 0.3 is 6.61 Å². The minimum atomic E-state index is -2.85. The van der Waals surface area contributed by atoms with E-state index in [4.69, 9.17) is 0 Å². The summed E-state index contributed by atoms with van der Waals surface area (Å²) in [5.74, 6) is 0.926. The van der Waals surface area contributed by atoms with Crippen molar-refractivity contribution in [1.82, 2.24) is 14.9 Å². The highest BCUT2D eigenvalue weighted by molar-refractivity contribution is 5.78. The van der Waals surface area contributed by atoms with Crippen LogP contribution in [0.5, 0.6) is 5.75 Å². The number of aromatic nitrogens is 2. The van der Waals surface area contributed by atoms with E-state index in [2.05, 4.69) is 19.6 Å². The number of carbonyl (C=O) groups is 1. The lowest BCUT2D eigenvalue weighted by molar-refractivity contribution is -0.120. The van der Waals surface area contributed by atoms with Crippen molar-refractivity contribution in [3.05, 3.63) is 59.9 Å². The van der Waals surface area contributed by atoms with Crippen molar-refractivity contribution in [3.8, 4) is 5.75 Å². The average molecular weight is 373 g/mol. The molecule has 0 radical (unpaired) electrons. The second-order valence-electron chi connectivity index (χ2n) is 6.20. The summed E-state index contributed by atoms with van der Waals surface area (Å²) < 4.78 is 30.7. The lowest BCUT2D eigenvalue weighted by atomic mass is 10.1. The minimum Gasteiger partial charge on any atom is -0.435 e. The molecule has 0 aliphatic carbocycles. The fourth-order valence-electron chi connectivity index (χ4n) is 2.98. The van der Waals surface area contributed by atoms with Crippen LogP contribution in [0.25, 0.3) is 11.0 Å². The Labute approximate surface area is 156 Å². The van der Waals surface area contributed by atoms with Crippen LogP contribution >= 0.6 is 0 Å². The number of aryl methyl sites for hydroxylation is 2. The average Bonchev–Trinajstić information content (AvgIpc) is 2.95. The van der Waals surface area contributed by atoms with Crippen molar-refractivity contribution < 1.29 is 18.3 Å². The number of benzene rings is 2. The van der Waals surface area contributed by atoms with Crippen LogP contribution in [0.4, 0.5) is 8.78 Å². The molecule has 5 nitrogen and oxygen atoms in total. The van der Waals surface area contributed by atoms with E-state index in [0.717, 1.165) is 35.4 Å². The second kappa shape index (κ2) is 8.62. The molecule has 0 saturated carbocycles. The molecule has 7 heteroatoms. The summed E-state index contributed by atoms with van der Waals surface area (Å²) in [6.07, 6.45) is 0.982. The predicted molar refractivity (Wildman–Crippen MR) is 98.9 cm³/mol. The normalized spacial score (nSPS) is 11.1. The molecule has 0 unspecified atom stereocenters. The number of imidazole rings is 1.